The number of piperidine rings is 1. The standard InChI is InChI=1S/C8H16N2O/c1-7-5-3-4-6-10(7)8(11)9-2/h7H,3-6H2,1-2H3,(H,9,11)/t7-/m1/s1. The van der Waals surface area contributed by atoms with Crippen molar-refractivity contribution in [3.8, 4) is 0 Å². The van der Waals surface area contributed by atoms with Gasteiger partial charge >= 0.3 is 6.03 Å². The first-order valence-electron chi connectivity index (χ1n) is 4.24. The van der Waals surface area contributed by atoms with Gasteiger partial charge in [-0.05, 0) is 26.2 Å². The Labute approximate surface area is 67.8 Å². The predicted octanol–water partition coefficient (Wildman–Crippen LogP) is 1.20. The molecule has 0 aromatic rings. The number of nitrogens with zero attached hydrogens (tertiary/aromatic N) is 1. The molecule has 0 aromatic carbocycles. The highest BCUT2D eigenvalue weighted by Gasteiger charge is 2.21. The van der Waals surface area contributed by atoms with E-state index in [9.17, 15) is 4.79 Å². The molecule has 11 heavy (non-hydrogen) atoms. The number of likely N-dealkylation sites (tertiary alicyclic amines) is 1. The topological polar surface area (TPSA) is 32.3 Å². The lowest BCUT2D eigenvalue weighted by Gasteiger charge is -2.32. The van der Waals surface area contributed by atoms with Crippen molar-refractivity contribution in [1.29, 1.82) is 0 Å². The molecule has 1 atom stereocenters. The van der Waals surface area contributed by atoms with Crippen molar-refractivity contribution in [3.63, 3.8) is 0 Å². The van der Waals surface area contributed by atoms with Crippen LogP contribution >= 0.6 is 0 Å². The Bertz CT molecular complexity index is 147. The maximum Gasteiger partial charge on any atom is 0.317 e. The van der Waals surface area contributed by atoms with Crippen molar-refractivity contribution in [2.75, 3.05) is 13.6 Å². The van der Waals surface area contributed by atoms with E-state index < -0.39 is 0 Å². The second kappa shape index (κ2) is 3.60. The minimum Gasteiger partial charge on any atom is -0.341 e. The van der Waals surface area contributed by atoms with Gasteiger partial charge in [0.1, 0.15) is 0 Å². The Morgan fingerprint density at radius 3 is 2.82 bits per heavy atom. The lowest BCUT2D eigenvalue weighted by molar-refractivity contribution is 0.160. The number of carbonyl (C=O) groups is 1. The number of hydrogen-bond donors (Lipinski definition) is 1. The van der Waals surface area contributed by atoms with Gasteiger partial charge in [0.25, 0.3) is 0 Å². The number of amides is 2. The first kappa shape index (κ1) is 8.37. The molecular weight excluding hydrogens is 140 g/mol. The first-order chi connectivity index (χ1) is 5.25. The molecular formula is C8H16N2O. The second-order valence-electron chi connectivity index (χ2n) is 3.09. The Morgan fingerprint density at radius 2 is 2.27 bits per heavy atom. The second-order valence-corrected chi connectivity index (χ2v) is 3.09. The molecule has 3 nitrogen and oxygen atoms in total. The summed E-state index contributed by atoms with van der Waals surface area (Å²) in [7, 11) is 1.68. The van der Waals surface area contributed by atoms with Crippen LogP contribution < -0.4 is 5.32 Å². The summed E-state index contributed by atoms with van der Waals surface area (Å²) in [6.07, 6.45) is 3.56. The number of rotatable bonds is 0. The minimum atomic E-state index is 0.0669. The van der Waals surface area contributed by atoms with Crippen LogP contribution in [0.15, 0.2) is 0 Å². The molecule has 1 fully saturated rings. The SMILES string of the molecule is CNC(=O)N1CCCC[C@H]1C. The lowest BCUT2D eigenvalue weighted by Crippen LogP contribution is -2.46. The van der Waals surface area contributed by atoms with E-state index >= 15 is 0 Å². The van der Waals surface area contributed by atoms with Crippen LogP contribution in [0, 0.1) is 0 Å². The van der Waals surface area contributed by atoms with Crippen LogP contribution in [0.2, 0.25) is 0 Å². The zero-order valence-electron chi connectivity index (χ0n) is 7.26. The molecule has 2 amide bonds. The first-order valence-corrected chi connectivity index (χ1v) is 4.24. The highest BCUT2D eigenvalue weighted by Crippen LogP contribution is 2.15. The fourth-order valence-electron chi connectivity index (χ4n) is 1.54. The van der Waals surface area contributed by atoms with Crippen molar-refractivity contribution >= 4 is 6.03 Å². The summed E-state index contributed by atoms with van der Waals surface area (Å²) in [6.45, 7) is 3.02. The third kappa shape index (κ3) is 1.85. The van der Waals surface area contributed by atoms with Gasteiger partial charge < -0.3 is 10.2 Å². The van der Waals surface area contributed by atoms with E-state index in [1.807, 2.05) is 4.90 Å². The average molecular weight is 156 g/mol. The quantitative estimate of drug-likeness (QED) is 0.561. The molecule has 0 bridgehead atoms. The van der Waals surface area contributed by atoms with Crippen LogP contribution in [-0.4, -0.2) is 30.6 Å². The van der Waals surface area contributed by atoms with Crippen LogP contribution in [0.1, 0.15) is 26.2 Å². The molecule has 0 aromatic heterocycles. The molecule has 0 saturated carbocycles. The van der Waals surface area contributed by atoms with Crippen LogP contribution in [0.5, 0.6) is 0 Å². The Morgan fingerprint density at radius 1 is 1.55 bits per heavy atom. The van der Waals surface area contributed by atoms with Gasteiger partial charge in [-0.2, -0.15) is 0 Å². The van der Waals surface area contributed by atoms with Crippen LogP contribution in [0.3, 0.4) is 0 Å². The monoisotopic (exact) mass is 156 g/mol. The Hall–Kier alpha value is -0.730. The number of hydrogen-bond acceptors (Lipinski definition) is 1. The van der Waals surface area contributed by atoms with E-state index in [1.165, 1.54) is 6.42 Å². The molecule has 0 radical (unpaired) electrons. The van der Waals surface area contributed by atoms with E-state index in [1.54, 1.807) is 7.05 Å². The zero-order valence-corrected chi connectivity index (χ0v) is 7.26. The molecule has 1 heterocycles. The Balaban J connectivity index is 2.47. The van der Waals surface area contributed by atoms with E-state index in [2.05, 4.69) is 12.2 Å². The molecule has 3 heteroatoms. The molecule has 1 saturated heterocycles. The molecule has 0 unspecified atom stereocenters. The molecule has 1 rings (SSSR count). The van der Waals surface area contributed by atoms with Crippen molar-refractivity contribution < 1.29 is 4.79 Å². The average Bonchev–Trinajstić information content (AvgIpc) is 2.04. The molecule has 1 aliphatic rings. The van der Waals surface area contributed by atoms with Gasteiger partial charge in [0, 0.05) is 19.6 Å². The van der Waals surface area contributed by atoms with Gasteiger partial charge in [-0.3, -0.25) is 0 Å². The maximum absolute atomic E-state index is 11.2. The highest BCUT2D eigenvalue weighted by molar-refractivity contribution is 5.74. The van der Waals surface area contributed by atoms with Gasteiger partial charge in [-0.1, -0.05) is 0 Å². The van der Waals surface area contributed by atoms with Crippen molar-refractivity contribution in [3.05, 3.63) is 0 Å². The summed E-state index contributed by atoms with van der Waals surface area (Å²) in [5.41, 5.74) is 0. The fraction of sp³-hybridized carbons (Fsp3) is 0.875. The fourth-order valence-corrected chi connectivity index (χ4v) is 1.54. The van der Waals surface area contributed by atoms with E-state index in [0.717, 1.165) is 19.4 Å². The highest BCUT2D eigenvalue weighted by atomic mass is 16.2. The van der Waals surface area contributed by atoms with E-state index in [4.69, 9.17) is 0 Å². The summed E-state index contributed by atoms with van der Waals surface area (Å²) in [6, 6.07) is 0.487. The Kier molecular flexibility index (Phi) is 2.74. The lowest BCUT2D eigenvalue weighted by atomic mass is 10.0. The summed E-state index contributed by atoms with van der Waals surface area (Å²) in [5, 5.41) is 2.65. The van der Waals surface area contributed by atoms with Gasteiger partial charge in [-0.25, -0.2) is 4.79 Å². The number of carbonyl (C=O) groups excluding carboxylic acids is 1. The van der Waals surface area contributed by atoms with Crippen LogP contribution in [0.25, 0.3) is 0 Å². The smallest absolute Gasteiger partial charge is 0.317 e. The van der Waals surface area contributed by atoms with Gasteiger partial charge in [-0.15, -0.1) is 0 Å². The summed E-state index contributed by atoms with van der Waals surface area (Å²) in [5.74, 6) is 0. The molecule has 1 N–H and O–H groups in total. The number of urea groups is 1. The normalized spacial score (nSPS) is 24.9. The largest absolute Gasteiger partial charge is 0.341 e. The van der Waals surface area contributed by atoms with E-state index in [0.29, 0.717) is 6.04 Å². The zero-order chi connectivity index (χ0) is 8.27. The van der Waals surface area contributed by atoms with Gasteiger partial charge in [0.2, 0.25) is 0 Å². The predicted molar refractivity (Wildman–Crippen MR) is 44.5 cm³/mol. The van der Waals surface area contributed by atoms with Crippen LogP contribution in [-0.2, 0) is 0 Å². The molecule has 0 spiro atoms. The summed E-state index contributed by atoms with van der Waals surface area (Å²) in [4.78, 5) is 13.1. The van der Waals surface area contributed by atoms with Crippen molar-refractivity contribution in [2.45, 2.75) is 32.2 Å². The van der Waals surface area contributed by atoms with Crippen molar-refractivity contribution in [2.24, 2.45) is 0 Å². The molecule has 0 aliphatic carbocycles. The molecule has 64 valence electrons. The van der Waals surface area contributed by atoms with Crippen LogP contribution in [0.4, 0.5) is 4.79 Å². The van der Waals surface area contributed by atoms with Gasteiger partial charge in [0.15, 0.2) is 0 Å². The van der Waals surface area contributed by atoms with Crippen molar-refractivity contribution in [1.82, 2.24) is 10.2 Å². The summed E-state index contributed by atoms with van der Waals surface area (Å²) >= 11 is 0. The summed E-state index contributed by atoms with van der Waals surface area (Å²) < 4.78 is 0. The molecule has 1 aliphatic heterocycles. The third-order valence-corrected chi connectivity index (χ3v) is 2.28. The third-order valence-electron chi connectivity index (χ3n) is 2.28. The van der Waals surface area contributed by atoms with Gasteiger partial charge in [0.05, 0.1) is 0 Å². The maximum atomic E-state index is 11.2. The number of nitrogens with one attached hydrogen (secondary N) is 1. The van der Waals surface area contributed by atoms with E-state index in [-0.39, 0.29) is 6.03 Å². The minimum absolute atomic E-state index is 0.0669.